The largest absolute Gasteiger partial charge is 0.316 e. The predicted octanol–water partition coefficient (Wildman–Crippen LogP) is 1.01. The highest BCUT2D eigenvalue weighted by molar-refractivity contribution is 5.09. The normalized spacial score (nSPS) is 8.56. The third kappa shape index (κ3) is 1.75. The van der Waals surface area contributed by atoms with Gasteiger partial charge in [-0.1, -0.05) is 12.1 Å². The molecule has 0 saturated heterocycles. The van der Waals surface area contributed by atoms with Crippen LogP contribution in [0.5, 0.6) is 0 Å². The van der Waals surface area contributed by atoms with Gasteiger partial charge in [-0.2, -0.15) is 0 Å². The Morgan fingerprint density at radius 3 is 3.00 bits per heavy atom. The fraction of sp³-hybridized carbons (Fsp3) is 0.250. The highest BCUT2D eigenvalue weighted by Crippen LogP contribution is 1.91. The predicted molar refractivity (Wildman–Crippen MR) is 36.9 cm³/mol. The van der Waals surface area contributed by atoms with Gasteiger partial charge in [-0.05, 0) is 30.8 Å². The van der Waals surface area contributed by atoms with E-state index in [1.807, 2.05) is 25.2 Å². The zero-order valence-electron chi connectivity index (χ0n) is 5.44. The van der Waals surface area contributed by atoms with Crippen molar-refractivity contribution in [1.29, 1.82) is 0 Å². The molecule has 1 heteroatoms. The topological polar surface area (TPSA) is 12.0 Å². The fourth-order valence-electron chi connectivity index (χ4n) is 0.693. The van der Waals surface area contributed by atoms with Crippen LogP contribution in [0.25, 0.3) is 0 Å². The van der Waals surface area contributed by atoms with E-state index in [1.54, 1.807) is 0 Å². The van der Waals surface area contributed by atoms with Gasteiger partial charge in [0.25, 0.3) is 0 Å². The molecule has 0 aliphatic rings. The summed E-state index contributed by atoms with van der Waals surface area (Å²) in [4.78, 5) is 0. The van der Waals surface area contributed by atoms with Crippen LogP contribution >= 0.6 is 0 Å². The molecule has 46 valence electrons. The zero-order chi connectivity index (χ0) is 6.53. The minimum atomic E-state index is 0.908. The van der Waals surface area contributed by atoms with Crippen LogP contribution < -0.4 is 5.32 Å². The number of rotatable bonds is 2. The van der Waals surface area contributed by atoms with E-state index in [1.165, 1.54) is 5.56 Å². The van der Waals surface area contributed by atoms with E-state index >= 15 is 0 Å². The van der Waals surface area contributed by atoms with Crippen LogP contribution in [0.2, 0.25) is 0 Å². The van der Waals surface area contributed by atoms with E-state index < -0.39 is 0 Å². The van der Waals surface area contributed by atoms with Crippen LogP contribution in [0.3, 0.4) is 0 Å². The first kappa shape index (κ1) is 6.12. The van der Waals surface area contributed by atoms with E-state index in [9.17, 15) is 0 Å². The van der Waals surface area contributed by atoms with Gasteiger partial charge in [0.05, 0.1) is 0 Å². The molecule has 0 aromatic heterocycles. The zero-order valence-corrected chi connectivity index (χ0v) is 5.44. The molecule has 1 nitrogen and oxygen atoms in total. The van der Waals surface area contributed by atoms with Crippen LogP contribution in [0.15, 0.2) is 18.2 Å². The summed E-state index contributed by atoms with van der Waals surface area (Å²) < 4.78 is 0. The molecule has 0 saturated carbocycles. The molecule has 0 spiro atoms. The van der Waals surface area contributed by atoms with Gasteiger partial charge in [-0.15, -0.1) is 0 Å². The summed E-state index contributed by atoms with van der Waals surface area (Å²) in [5.74, 6) is 0. The Morgan fingerprint density at radius 1 is 1.56 bits per heavy atom. The maximum Gasteiger partial charge on any atom is 0.0209 e. The van der Waals surface area contributed by atoms with Gasteiger partial charge in [0.1, 0.15) is 0 Å². The maximum atomic E-state index is 3.05. The molecule has 1 rings (SSSR count). The number of nitrogens with one attached hydrogen (secondary N) is 1. The molecule has 0 unspecified atom stereocenters. The molecule has 0 atom stereocenters. The van der Waals surface area contributed by atoms with Gasteiger partial charge < -0.3 is 5.32 Å². The molecule has 0 aliphatic heterocycles. The minimum absolute atomic E-state index is 0.908. The lowest BCUT2D eigenvalue weighted by Gasteiger charge is -1.93. The Bertz CT molecular complexity index is 157. The van der Waals surface area contributed by atoms with Gasteiger partial charge in [-0.3, -0.25) is 0 Å². The van der Waals surface area contributed by atoms with E-state index in [-0.39, 0.29) is 0 Å². The first-order chi connectivity index (χ1) is 4.43. The van der Waals surface area contributed by atoms with Crippen LogP contribution in [0, 0.1) is 12.1 Å². The van der Waals surface area contributed by atoms with Gasteiger partial charge in [0.2, 0.25) is 0 Å². The monoisotopic (exact) mass is 119 g/mol. The first-order valence-electron chi connectivity index (χ1n) is 2.95. The maximum absolute atomic E-state index is 3.05. The Morgan fingerprint density at radius 2 is 2.44 bits per heavy atom. The van der Waals surface area contributed by atoms with Crippen molar-refractivity contribution in [2.45, 2.75) is 6.54 Å². The molecule has 0 aliphatic carbocycles. The van der Waals surface area contributed by atoms with Crippen molar-refractivity contribution in [1.82, 2.24) is 5.32 Å². The summed E-state index contributed by atoms with van der Waals surface area (Å²) in [5.41, 5.74) is 1.25. The summed E-state index contributed by atoms with van der Waals surface area (Å²) in [6.45, 7) is 0.908. The van der Waals surface area contributed by atoms with Crippen LogP contribution in [-0.2, 0) is 6.54 Å². The van der Waals surface area contributed by atoms with E-state index in [0.717, 1.165) is 6.54 Å². The molecule has 0 radical (unpaired) electrons. The summed E-state index contributed by atoms with van der Waals surface area (Å²) in [6, 6.07) is 11.5. The molecule has 0 heterocycles. The molecule has 0 fully saturated rings. The molecular formula is C8H9N. The molecule has 1 aromatic rings. The highest BCUT2D eigenvalue weighted by Gasteiger charge is 1.82. The third-order valence-corrected chi connectivity index (χ3v) is 1.10. The molecule has 0 bridgehead atoms. The number of hydrogen-bond acceptors (Lipinski definition) is 1. The van der Waals surface area contributed by atoms with Crippen LogP contribution in [-0.4, -0.2) is 7.05 Å². The van der Waals surface area contributed by atoms with Crippen molar-refractivity contribution in [2.75, 3.05) is 7.05 Å². The quantitative estimate of drug-likeness (QED) is 0.612. The van der Waals surface area contributed by atoms with Crippen molar-refractivity contribution in [3.8, 4) is 0 Å². The molecule has 1 aromatic carbocycles. The summed E-state index contributed by atoms with van der Waals surface area (Å²) >= 11 is 0. The average molecular weight is 119 g/mol. The molecule has 0 amide bonds. The smallest absolute Gasteiger partial charge is 0.0209 e. The standard InChI is InChI=1S/C8H9N/c1-9-7-8-5-3-2-4-6-8/h3,5-6,9H,7H2,1H3. The third-order valence-electron chi connectivity index (χ3n) is 1.10. The van der Waals surface area contributed by atoms with Crippen molar-refractivity contribution in [2.24, 2.45) is 0 Å². The Labute approximate surface area is 55.7 Å². The SMILES string of the molecule is CNCc1cc#ccc1. The summed E-state index contributed by atoms with van der Waals surface area (Å²) in [5, 5.41) is 3.05. The van der Waals surface area contributed by atoms with E-state index in [0.29, 0.717) is 0 Å². The van der Waals surface area contributed by atoms with Gasteiger partial charge in [0, 0.05) is 6.54 Å². The first-order valence-corrected chi connectivity index (χ1v) is 2.95. The lowest BCUT2D eigenvalue weighted by Crippen LogP contribution is -2.03. The van der Waals surface area contributed by atoms with Crippen molar-refractivity contribution in [3.05, 3.63) is 35.9 Å². The van der Waals surface area contributed by atoms with Crippen LogP contribution in [0.4, 0.5) is 0 Å². The van der Waals surface area contributed by atoms with Crippen LogP contribution in [0.1, 0.15) is 5.56 Å². The van der Waals surface area contributed by atoms with E-state index in [2.05, 4.69) is 17.4 Å². The molecular weight excluding hydrogens is 110 g/mol. The van der Waals surface area contributed by atoms with Crippen molar-refractivity contribution >= 4 is 0 Å². The average Bonchev–Trinajstić information content (AvgIpc) is 1.91. The minimum Gasteiger partial charge on any atom is -0.316 e. The van der Waals surface area contributed by atoms with Gasteiger partial charge in [0.15, 0.2) is 0 Å². The second kappa shape index (κ2) is 3.11. The van der Waals surface area contributed by atoms with Gasteiger partial charge >= 0.3 is 0 Å². The Kier molecular flexibility index (Phi) is 2.12. The Balaban J connectivity index is 2.61. The van der Waals surface area contributed by atoms with Gasteiger partial charge in [-0.25, -0.2) is 0 Å². The Hall–Kier alpha value is -1.00. The van der Waals surface area contributed by atoms with Crippen molar-refractivity contribution < 1.29 is 0 Å². The van der Waals surface area contributed by atoms with Crippen molar-refractivity contribution in [3.63, 3.8) is 0 Å². The summed E-state index contributed by atoms with van der Waals surface area (Å²) in [6.07, 6.45) is 0. The second-order valence-corrected chi connectivity index (χ2v) is 1.87. The number of hydrogen-bond donors (Lipinski definition) is 1. The molecule has 9 heavy (non-hydrogen) atoms. The molecule has 1 N–H and O–H groups in total. The lowest BCUT2D eigenvalue weighted by molar-refractivity contribution is 0.818. The highest BCUT2D eigenvalue weighted by atomic mass is 14.8. The van der Waals surface area contributed by atoms with E-state index in [4.69, 9.17) is 0 Å². The fourth-order valence-corrected chi connectivity index (χ4v) is 0.693. The second-order valence-electron chi connectivity index (χ2n) is 1.87. The summed E-state index contributed by atoms with van der Waals surface area (Å²) in [7, 11) is 1.93. The lowest BCUT2D eigenvalue weighted by atomic mass is 10.2.